The molecule has 1 fully saturated rings. The van der Waals surface area contributed by atoms with Crippen LogP contribution in [0, 0.1) is 0 Å². The van der Waals surface area contributed by atoms with Crippen LogP contribution in [0.15, 0.2) is 16.5 Å². The molecule has 9 heteroatoms. The first-order valence-corrected chi connectivity index (χ1v) is 6.77. The maximum Gasteiger partial charge on any atom is 0.197 e. The largest absolute Gasteiger partial charge is 0.374 e. The number of nitrogens with zero attached hydrogens (tertiary/aromatic N) is 3. The maximum atomic E-state index is 11.1. The molecule has 21 heavy (non-hydrogen) atoms. The molecule has 118 valence electrons. The SMILES string of the molecule is COC1[C@H](C)OCC1(O)N1CN(C)C2=C1N=C(N)NC2O. The quantitative estimate of drug-likeness (QED) is 0.451. The van der Waals surface area contributed by atoms with Gasteiger partial charge >= 0.3 is 0 Å². The number of nitrogens with one attached hydrogen (secondary N) is 1. The molecule has 1 saturated heterocycles. The van der Waals surface area contributed by atoms with Crippen LogP contribution in [0.25, 0.3) is 0 Å². The van der Waals surface area contributed by atoms with Crippen molar-refractivity contribution in [1.29, 1.82) is 0 Å². The highest BCUT2D eigenvalue weighted by molar-refractivity contribution is 5.80. The van der Waals surface area contributed by atoms with Crippen LogP contribution in [0.5, 0.6) is 0 Å². The summed E-state index contributed by atoms with van der Waals surface area (Å²) in [5.41, 5.74) is 4.88. The van der Waals surface area contributed by atoms with Gasteiger partial charge in [0.25, 0.3) is 0 Å². The summed E-state index contributed by atoms with van der Waals surface area (Å²) in [5, 5.41) is 23.8. The zero-order valence-electron chi connectivity index (χ0n) is 12.3. The van der Waals surface area contributed by atoms with Crippen molar-refractivity contribution in [3.63, 3.8) is 0 Å². The molecule has 0 bridgehead atoms. The van der Waals surface area contributed by atoms with Gasteiger partial charge in [0.2, 0.25) is 0 Å². The Bertz CT molecular complexity index is 510. The van der Waals surface area contributed by atoms with Crippen molar-refractivity contribution < 1.29 is 19.7 Å². The van der Waals surface area contributed by atoms with Crippen LogP contribution < -0.4 is 11.1 Å². The van der Waals surface area contributed by atoms with E-state index in [0.29, 0.717) is 18.2 Å². The van der Waals surface area contributed by atoms with Gasteiger partial charge in [-0.15, -0.1) is 0 Å². The molecule has 9 nitrogen and oxygen atoms in total. The lowest BCUT2D eigenvalue weighted by atomic mass is 10.0. The van der Waals surface area contributed by atoms with Gasteiger partial charge in [0.15, 0.2) is 23.7 Å². The maximum absolute atomic E-state index is 11.1. The molecule has 5 N–H and O–H groups in total. The molecular formula is C12H21N5O4. The number of methoxy groups -OCH3 is 1. The first-order chi connectivity index (χ1) is 9.88. The first-order valence-electron chi connectivity index (χ1n) is 6.77. The highest BCUT2D eigenvalue weighted by Crippen LogP contribution is 2.38. The minimum absolute atomic E-state index is 0.0935. The summed E-state index contributed by atoms with van der Waals surface area (Å²) in [6.07, 6.45) is -1.74. The average Bonchev–Trinajstić information content (AvgIpc) is 2.89. The van der Waals surface area contributed by atoms with E-state index in [0.717, 1.165) is 0 Å². The number of rotatable bonds is 2. The number of aliphatic hydroxyl groups is 2. The summed E-state index contributed by atoms with van der Waals surface area (Å²) in [6, 6.07) is 0. The molecule has 0 radical (unpaired) electrons. The monoisotopic (exact) mass is 299 g/mol. The van der Waals surface area contributed by atoms with Gasteiger partial charge in [0.05, 0.1) is 19.4 Å². The van der Waals surface area contributed by atoms with Crippen LogP contribution in [-0.4, -0.2) is 77.6 Å². The van der Waals surface area contributed by atoms with Crippen LogP contribution in [0.3, 0.4) is 0 Å². The summed E-state index contributed by atoms with van der Waals surface area (Å²) >= 11 is 0. The molecule has 3 aliphatic heterocycles. The summed E-state index contributed by atoms with van der Waals surface area (Å²) in [7, 11) is 3.34. The van der Waals surface area contributed by atoms with Crippen molar-refractivity contribution in [2.45, 2.75) is 31.1 Å². The molecule has 3 rings (SSSR count). The highest BCUT2D eigenvalue weighted by Gasteiger charge is 2.55. The Morgan fingerprint density at radius 2 is 2.29 bits per heavy atom. The van der Waals surface area contributed by atoms with Crippen molar-refractivity contribution in [3.05, 3.63) is 11.5 Å². The van der Waals surface area contributed by atoms with E-state index in [4.69, 9.17) is 15.2 Å². The number of likely N-dealkylation sites (N-methyl/N-ethyl adjacent to an activating group) is 1. The Morgan fingerprint density at radius 3 is 2.95 bits per heavy atom. The molecule has 0 aromatic carbocycles. The molecule has 0 aromatic rings. The lowest BCUT2D eigenvalue weighted by Gasteiger charge is -2.38. The number of ether oxygens (including phenoxy) is 2. The van der Waals surface area contributed by atoms with Gasteiger partial charge < -0.3 is 40.5 Å². The lowest BCUT2D eigenvalue weighted by Crippen LogP contribution is -2.57. The number of hydrogen-bond donors (Lipinski definition) is 4. The molecule has 3 aliphatic rings. The van der Waals surface area contributed by atoms with E-state index in [1.54, 1.807) is 9.80 Å². The number of aliphatic hydroxyl groups excluding tert-OH is 1. The fraction of sp³-hybridized carbons (Fsp3) is 0.750. The Kier molecular flexibility index (Phi) is 3.24. The van der Waals surface area contributed by atoms with E-state index >= 15 is 0 Å². The van der Waals surface area contributed by atoms with Gasteiger partial charge in [0.1, 0.15) is 11.8 Å². The normalized spacial score (nSPS) is 39.5. The second-order valence-electron chi connectivity index (χ2n) is 5.57. The molecule has 0 spiro atoms. The predicted octanol–water partition coefficient (Wildman–Crippen LogP) is -2.28. The van der Waals surface area contributed by atoms with Crippen LogP contribution in [0.2, 0.25) is 0 Å². The van der Waals surface area contributed by atoms with E-state index in [1.807, 2.05) is 14.0 Å². The smallest absolute Gasteiger partial charge is 0.197 e. The molecule has 0 aliphatic carbocycles. The van der Waals surface area contributed by atoms with Crippen molar-refractivity contribution in [2.24, 2.45) is 10.7 Å². The predicted molar refractivity (Wildman–Crippen MR) is 73.4 cm³/mol. The average molecular weight is 299 g/mol. The third-order valence-corrected chi connectivity index (χ3v) is 4.18. The summed E-state index contributed by atoms with van der Waals surface area (Å²) in [6.45, 7) is 2.29. The number of hydrogen-bond acceptors (Lipinski definition) is 9. The van der Waals surface area contributed by atoms with Crippen molar-refractivity contribution in [1.82, 2.24) is 15.1 Å². The molecule has 4 atom stereocenters. The summed E-state index contributed by atoms with van der Waals surface area (Å²) in [5.74, 6) is 0.537. The van der Waals surface area contributed by atoms with Gasteiger partial charge in [-0.05, 0) is 6.92 Å². The Morgan fingerprint density at radius 1 is 1.57 bits per heavy atom. The summed E-state index contributed by atoms with van der Waals surface area (Å²) < 4.78 is 10.9. The standard InChI is InChI=1S/C12H21N5O4/c1-6-8(20-3)12(19,4-21-6)17-5-16(2)7-9(17)14-11(13)15-10(7)18/h6,8,10,18-19H,4-5H2,1-3H3,(H3,13,14,15)/t6-,8?,10?,12?/m0/s1. The molecule has 3 heterocycles. The third kappa shape index (κ3) is 1.96. The van der Waals surface area contributed by atoms with Gasteiger partial charge in [-0.1, -0.05) is 0 Å². The minimum Gasteiger partial charge on any atom is -0.374 e. The van der Waals surface area contributed by atoms with Gasteiger partial charge in [-0.2, -0.15) is 4.99 Å². The van der Waals surface area contributed by atoms with E-state index in [1.165, 1.54) is 7.11 Å². The molecule has 0 aromatic heterocycles. The highest BCUT2D eigenvalue weighted by atomic mass is 16.6. The van der Waals surface area contributed by atoms with Crippen molar-refractivity contribution >= 4 is 5.96 Å². The first kappa shape index (κ1) is 14.4. The van der Waals surface area contributed by atoms with Gasteiger partial charge in [-0.3, -0.25) is 0 Å². The van der Waals surface area contributed by atoms with E-state index in [9.17, 15) is 10.2 Å². The second kappa shape index (κ2) is 4.73. The Balaban J connectivity index is 2.00. The second-order valence-corrected chi connectivity index (χ2v) is 5.57. The fourth-order valence-corrected chi connectivity index (χ4v) is 3.18. The minimum atomic E-state index is -1.36. The molecular weight excluding hydrogens is 278 g/mol. The Labute approximate surface area is 122 Å². The Hall–Kier alpha value is -1.55. The van der Waals surface area contributed by atoms with Crippen LogP contribution >= 0.6 is 0 Å². The van der Waals surface area contributed by atoms with Crippen molar-refractivity contribution in [2.75, 3.05) is 27.4 Å². The van der Waals surface area contributed by atoms with Crippen LogP contribution in [0.1, 0.15) is 6.92 Å². The number of nitrogens with two attached hydrogens (primary N) is 1. The number of aliphatic imine (C=N–C) groups is 1. The lowest BCUT2D eigenvalue weighted by molar-refractivity contribution is -0.157. The molecule has 0 amide bonds. The van der Waals surface area contributed by atoms with E-state index in [2.05, 4.69) is 10.3 Å². The summed E-state index contributed by atoms with van der Waals surface area (Å²) in [4.78, 5) is 7.69. The molecule has 0 saturated carbocycles. The van der Waals surface area contributed by atoms with Gasteiger partial charge in [-0.25, -0.2) is 0 Å². The topological polar surface area (TPSA) is 116 Å². The zero-order valence-corrected chi connectivity index (χ0v) is 12.3. The van der Waals surface area contributed by atoms with Crippen LogP contribution in [0.4, 0.5) is 0 Å². The molecule has 3 unspecified atom stereocenters. The van der Waals surface area contributed by atoms with E-state index < -0.39 is 18.1 Å². The van der Waals surface area contributed by atoms with Crippen LogP contribution in [-0.2, 0) is 9.47 Å². The van der Waals surface area contributed by atoms with E-state index in [-0.39, 0.29) is 18.7 Å². The fourth-order valence-electron chi connectivity index (χ4n) is 3.18. The van der Waals surface area contributed by atoms with Gasteiger partial charge in [0, 0.05) is 14.2 Å². The third-order valence-electron chi connectivity index (χ3n) is 4.18. The zero-order chi connectivity index (χ0) is 15.4. The van der Waals surface area contributed by atoms with Crippen molar-refractivity contribution in [3.8, 4) is 0 Å². The number of guanidine groups is 1.